The summed E-state index contributed by atoms with van der Waals surface area (Å²) in [5.74, 6) is 1.70. The van der Waals surface area contributed by atoms with Crippen LogP contribution >= 0.6 is 0 Å². The third-order valence-electron chi connectivity index (χ3n) is 5.76. The lowest BCUT2D eigenvalue weighted by Crippen LogP contribution is -2.37. The van der Waals surface area contributed by atoms with Crippen LogP contribution in [-0.4, -0.2) is 29.6 Å². The SMILES string of the molecule is Nc1ccc(OC2CCC3CC2CN3C2CCCC2)cc1. The molecule has 1 saturated heterocycles. The highest BCUT2D eigenvalue weighted by molar-refractivity contribution is 5.41. The van der Waals surface area contributed by atoms with Crippen molar-refractivity contribution in [3.05, 3.63) is 24.3 Å². The van der Waals surface area contributed by atoms with Gasteiger partial charge in [0.15, 0.2) is 0 Å². The van der Waals surface area contributed by atoms with Gasteiger partial charge in [-0.05, 0) is 56.4 Å². The van der Waals surface area contributed by atoms with Crippen molar-refractivity contribution in [1.29, 1.82) is 0 Å². The summed E-state index contributed by atoms with van der Waals surface area (Å²) in [6.07, 6.45) is 9.98. The maximum Gasteiger partial charge on any atom is 0.119 e. The predicted molar refractivity (Wildman–Crippen MR) is 85.4 cm³/mol. The minimum Gasteiger partial charge on any atom is -0.490 e. The predicted octanol–water partition coefficient (Wildman–Crippen LogP) is 3.44. The third kappa shape index (κ3) is 2.64. The summed E-state index contributed by atoms with van der Waals surface area (Å²) >= 11 is 0. The molecule has 3 heteroatoms. The topological polar surface area (TPSA) is 38.5 Å². The van der Waals surface area contributed by atoms with E-state index in [1.54, 1.807) is 0 Å². The molecule has 3 aliphatic rings. The summed E-state index contributed by atoms with van der Waals surface area (Å²) in [4.78, 5) is 2.82. The van der Waals surface area contributed by atoms with Crippen molar-refractivity contribution in [3.8, 4) is 5.75 Å². The van der Waals surface area contributed by atoms with Gasteiger partial charge in [0, 0.05) is 30.2 Å². The summed E-state index contributed by atoms with van der Waals surface area (Å²) < 4.78 is 6.27. The standard InChI is InChI=1S/C18H26N2O/c19-14-5-8-17(9-6-14)21-18-10-7-16-11-13(18)12-20(16)15-3-1-2-4-15/h5-6,8-9,13,15-16,18H,1-4,7,10-12,19H2. The fourth-order valence-corrected chi connectivity index (χ4v) is 4.68. The maximum atomic E-state index is 6.27. The molecule has 1 aromatic carbocycles. The van der Waals surface area contributed by atoms with Crippen LogP contribution in [0.2, 0.25) is 0 Å². The number of anilines is 1. The molecule has 0 amide bonds. The Hall–Kier alpha value is -1.22. The van der Waals surface area contributed by atoms with E-state index >= 15 is 0 Å². The molecule has 3 atom stereocenters. The molecular weight excluding hydrogens is 260 g/mol. The molecule has 2 aliphatic carbocycles. The lowest BCUT2D eigenvalue weighted by Gasteiger charge is -2.31. The molecule has 3 unspecified atom stereocenters. The number of hydrogen-bond acceptors (Lipinski definition) is 3. The Morgan fingerprint density at radius 1 is 0.952 bits per heavy atom. The number of benzene rings is 1. The lowest BCUT2D eigenvalue weighted by molar-refractivity contribution is 0.112. The zero-order valence-electron chi connectivity index (χ0n) is 12.7. The average molecular weight is 286 g/mol. The van der Waals surface area contributed by atoms with Gasteiger partial charge in [-0.25, -0.2) is 0 Å². The number of likely N-dealkylation sites (tertiary alicyclic amines) is 1. The van der Waals surface area contributed by atoms with Gasteiger partial charge in [0.25, 0.3) is 0 Å². The Kier molecular flexibility index (Phi) is 3.54. The second kappa shape index (κ2) is 5.53. The van der Waals surface area contributed by atoms with Gasteiger partial charge in [-0.3, -0.25) is 4.90 Å². The first-order chi connectivity index (χ1) is 10.3. The van der Waals surface area contributed by atoms with Gasteiger partial charge in [-0.2, -0.15) is 0 Å². The summed E-state index contributed by atoms with van der Waals surface area (Å²) in [5, 5.41) is 0. The number of fused-ring (bicyclic) bond motifs is 2. The molecule has 2 saturated carbocycles. The zero-order valence-corrected chi connectivity index (χ0v) is 12.7. The number of ether oxygens (including phenoxy) is 1. The molecule has 2 N–H and O–H groups in total. The first-order valence-corrected chi connectivity index (χ1v) is 8.57. The summed E-state index contributed by atoms with van der Waals surface area (Å²) in [5.41, 5.74) is 6.55. The van der Waals surface area contributed by atoms with Crippen LogP contribution in [0, 0.1) is 5.92 Å². The van der Waals surface area contributed by atoms with Crippen molar-refractivity contribution < 1.29 is 4.74 Å². The molecule has 3 nitrogen and oxygen atoms in total. The highest BCUT2D eigenvalue weighted by Crippen LogP contribution is 2.41. The van der Waals surface area contributed by atoms with Crippen LogP contribution in [0.1, 0.15) is 44.9 Å². The molecule has 0 aromatic heterocycles. The monoisotopic (exact) mass is 286 g/mol. The Morgan fingerprint density at radius 2 is 1.71 bits per heavy atom. The molecule has 114 valence electrons. The second-order valence-electron chi connectivity index (χ2n) is 7.09. The smallest absolute Gasteiger partial charge is 0.119 e. The van der Waals surface area contributed by atoms with Crippen molar-refractivity contribution >= 4 is 5.69 Å². The number of nitrogens with zero attached hydrogens (tertiary/aromatic N) is 1. The normalized spacial score (nSPS) is 33.4. The van der Waals surface area contributed by atoms with Crippen LogP contribution in [0.15, 0.2) is 24.3 Å². The molecular formula is C18H26N2O. The molecule has 4 rings (SSSR count). The van der Waals surface area contributed by atoms with E-state index < -0.39 is 0 Å². The van der Waals surface area contributed by atoms with Crippen LogP contribution in [0.4, 0.5) is 5.69 Å². The summed E-state index contributed by atoms with van der Waals surface area (Å²) in [6.45, 7) is 1.26. The fraction of sp³-hybridized carbons (Fsp3) is 0.667. The minimum absolute atomic E-state index is 0.399. The molecule has 0 spiro atoms. The van der Waals surface area contributed by atoms with Crippen LogP contribution in [0.25, 0.3) is 0 Å². The third-order valence-corrected chi connectivity index (χ3v) is 5.76. The van der Waals surface area contributed by atoms with E-state index in [0.29, 0.717) is 6.10 Å². The molecule has 3 fully saturated rings. The van der Waals surface area contributed by atoms with E-state index in [9.17, 15) is 0 Å². The van der Waals surface area contributed by atoms with Gasteiger partial charge in [-0.1, -0.05) is 12.8 Å². The van der Waals surface area contributed by atoms with E-state index in [2.05, 4.69) is 4.90 Å². The Bertz CT molecular complexity index is 480. The maximum absolute atomic E-state index is 6.27. The van der Waals surface area contributed by atoms with Gasteiger partial charge in [0.05, 0.1) is 0 Å². The largest absolute Gasteiger partial charge is 0.490 e. The van der Waals surface area contributed by atoms with E-state index in [4.69, 9.17) is 10.5 Å². The number of nitrogens with two attached hydrogens (primary N) is 1. The Labute approximate surface area is 127 Å². The van der Waals surface area contributed by atoms with Gasteiger partial charge in [0.2, 0.25) is 0 Å². The van der Waals surface area contributed by atoms with Crippen molar-refractivity contribution in [2.24, 2.45) is 5.92 Å². The number of rotatable bonds is 3. The van der Waals surface area contributed by atoms with Crippen molar-refractivity contribution in [2.75, 3.05) is 12.3 Å². The van der Waals surface area contributed by atoms with E-state index in [-0.39, 0.29) is 0 Å². The van der Waals surface area contributed by atoms with Crippen molar-refractivity contribution in [2.45, 2.75) is 63.1 Å². The number of nitrogen functional groups attached to an aromatic ring is 1. The van der Waals surface area contributed by atoms with Crippen LogP contribution in [-0.2, 0) is 0 Å². The van der Waals surface area contributed by atoms with Crippen molar-refractivity contribution in [3.63, 3.8) is 0 Å². The molecule has 1 heterocycles. The van der Waals surface area contributed by atoms with Gasteiger partial charge in [-0.15, -0.1) is 0 Å². The highest BCUT2D eigenvalue weighted by atomic mass is 16.5. The summed E-state index contributed by atoms with van der Waals surface area (Å²) in [7, 11) is 0. The van der Waals surface area contributed by atoms with Crippen molar-refractivity contribution in [1.82, 2.24) is 4.90 Å². The molecule has 1 aromatic rings. The van der Waals surface area contributed by atoms with Gasteiger partial charge < -0.3 is 10.5 Å². The van der Waals surface area contributed by atoms with E-state index in [1.807, 2.05) is 24.3 Å². The van der Waals surface area contributed by atoms with Gasteiger partial charge in [0.1, 0.15) is 11.9 Å². The Morgan fingerprint density at radius 3 is 2.48 bits per heavy atom. The van der Waals surface area contributed by atoms with Crippen LogP contribution in [0.3, 0.4) is 0 Å². The quantitative estimate of drug-likeness (QED) is 0.865. The zero-order chi connectivity index (χ0) is 14.2. The van der Waals surface area contributed by atoms with Gasteiger partial charge >= 0.3 is 0 Å². The highest BCUT2D eigenvalue weighted by Gasteiger charge is 2.44. The molecule has 1 aliphatic heterocycles. The second-order valence-corrected chi connectivity index (χ2v) is 7.09. The number of hydrogen-bond donors (Lipinski definition) is 1. The minimum atomic E-state index is 0.399. The first kappa shape index (κ1) is 13.4. The van der Waals surface area contributed by atoms with Crippen LogP contribution < -0.4 is 10.5 Å². The van der Waals surface area contributed by atoms with Crippen LogP contribution in [0.5, 0.6) is 5.75 Å². The average Bonchev–Trinajstić information content (AvgIpc) is 3.12. The fourth-order valence-electron chi connectivity index (χ4n) is 4.68. The molecule has 21 heavy (non-hydrogen) atoms. The Balaban J connectivity index is 1.41. The molecule has 2 bridgehead atoms. The lowest BCUT2D eigenvalue weighted by atomic mass is 9.87. The first-order valence-electron chi connectivity index (χ1n) is 8.57. The summed E-state index contributed by atoms with van der Waals surface area (Å²) in [6, 6.07) is 9.58. The molecule has 0 radical (unpaired) electrons. The van der Waals surface area contributed by atoms with E-state index in [1.165, 1.54) is 51.5 Å². The van der Waals surface area contributed by atoms with E-state index in [0.717, 1.165) is 29.4 Å².